The number of thiazole rings is 1. The molecule has 1 aliphatic heterocycles. The Morgan fingerprint density at radius 2 is 2.69 bits per heavy atom. The molecular formula is C9H15N3S. The van der Waals surface area contributed by atoms with E-state index >= 15 is 0 Å². The molecule has 2 atom stereocenters. The minimum absolute atomic E-state index is 0.385. The van der Waals surface area contributed by atoms with Crippen molar-refractivity contribution in [3.63, 3.8) is 0 Å². The quantitative estimate of drug-likeness (QED) is 0.763. The first-order valence-corrected chi connectivity index (χ1v) is 5.65. The molecule has 72 valence electrons. The highest BCUT2D eigenvalue weighted by molar-refractivity contribution is 7.07. The van der Waals surface area contributed by atoms with Crippen LogP contribution in [0.4, 0.5) is 0 Å². The second-order valence-corrected chi connectivity index (χ2v) is 4.21. The van der Waals surface area contributed by atoms with Gasteiger partial charge in [0.05, 0.1) is 11.2 Å². The molecule has 0 aliphatic carbocycles. The molecule has 1 aliphatic rings. The topological polar surface area (TPSA) is 37.0 Å². The van der Waals surface area contributed by atoms with Crippen molar-refractivity contribution in [2.24, 2.45) is 0 Å². The fraction of sp³-hybridized carbons (Fsp3) is 0.667. The van der Waals surface area contributed by atoms with Gasteiger partial charge in [0.15, 0.2) is 0 Å². The van der Waals surface area contributed by atoms with Gasteiger partial charge >= 0.3 is 0 Å². The van der Waals surface area contributed by atoms with Gasteiger partial charge < -0.3 is 10.6 Å². The minimum atomic E-state index is 0.385. The first-order valence-electron chi connectivity index (χ1n) is 4.71. The van der Waals surface area contributed by atoms with Gasteiger partial charge in [0.25, 0.3) is 0 Å². The third kappa shape index (κ3) is 2.27. The Labute approximate surface area is 82.6 Å². The maximum atomic E-state index is 4.29. The summed E-state index contributed by atoms with van der Waals surface area (Å²) in [5.74, 6) is 0. The molecule has 0 spiro atoms. The van der Waals surface area contributed by atoms with E-state index in [0.717, 1.165) is 18.8 Å². The smallest absolute Gasteiger partial charge is 0.0795 e. The highest BCUT2D eigenvalue weighted by atomic mass is 32.1. The summed E-state index contributed by atoms with van der Waals surface area (Å²) in [6.07, 6.45) is 1.23. The molecule has 0 radical (unpaired) electrons. The van der Waals surface area contributed by atoms with E-state index in [1.807, 2.05) is 5.51 Å². The predicted molar refractivity (Wildman–Crippen MR) is 54.9 cm³/mol. The van der Waals surface area contributed by atoms with Crippen molar-refractivity contribution in [2.45, 2.75) is 25.4 Å². The standard InChI is InChI=1S/C9H15N3S/c1-7(9-5-13-6-11-9)12-8-2-3-10-4-8/h5-8,10,12H,2-4H2,1H3. The normalized spacial score (nSPS) is 24.8. The maximum absolute atomic E-state index is 4.29. The molecule has 1 saturated heterocycles. The molecule has 13 heavy (non-hydrogen) atoms. The largest absolute Gasteiger partial charge is 0.315 e. The van der Waals surface area contributed by atoms with Gasteiger partial charge in [-0.1, -0.05) is 0 Å². The van der Waals surface area contributed by atoms with Crippen LogP contribution in [0, 0.1) is 0 Å². The van der Waals surface area contributed by atoms with Crippen LogP contribution >= 0.6 is 11.3 Å². The second kappa shape index (κ2) is 4.17. The van der Waals surface area contributed by atoms with E-state index in [9.17, 15) is 0 Å². The zero-order valence-corrected chi connectivity index (χ0v) is 8.60. The molecule has 4 heteroatoms. The van der Waals surface area contributed by atoms with Gasteiger partial charge in [-0.3, -0.25) is 0 Å². The third-order valence-corrected chi connectivity index (χ3v) is 3.05. The zero-order chi connectivity index (χ0) is 9.10. The Morgan fingerprint density at radius 1 is 1.77 bits per heavy atom. The third-order valence-electron chi connectivity index (χ3n) is 2.44. The molecule has 1 fully saturated rings. The number of nitrogens with zero attached hydrogens (tertiary/aromatic N) is 1. The van der Waals surface area contributed by atoms with Crippen LogP contribution in [0.1, 0.15) is 25.1 Å². The van der Waals surface area contributed by atoms with Gasteiger partial charge in [-0.15, -0.1) is 11.3 Å². The first-order chi connectivity index (χ1) is 6.36. The Hall–Kier alpha value is -0.450. The van der Waals surface area contributed by atoms with Gasteiger partial charge in [-0.05, 0) is 19.9 Å². The van der Waals surface area contributed by atoms with E-state index in [4.69, 9.17) is 0 Å². The summed E-state index contributed by atoms with van der Waals surface area (Å²) >= 11 is 1.66. The summed E-state index contributed by atoms with van der Waals surface area (Å²) in [5, 5.41) is 9.02. The van der Waals surface area contributed by atoms with Crippen molar-refractivity contribution in [1.82, 2.24) is 15.6 Å². The predicted octanol–water partition coefficient (Wildman–Crippen LogP) is 1.16. The second-order valence-electron chi connectivity index (χ2n) is 3.49. The number of hydrogen-bond acceptors (Lipinski definition) is 4. The summed E-state index contributed by atoms with van der Waals surface area (Å²) in [6.45, 7) is 4.41. The average molecular weight is 197 g/mol. The van der Waals surface area contributed by atoms with E-state index in [0.29, 0.717) is 12.1 Å². The number of hydrogen-bond donors (Lipinski definition) is 2. The molecule has 0 bridgehead atoms. The molecule has 0 saturated carbocycles. The van der Waals surface area contributed by atoms with Crippen molar-refractivity contribution in [3.8, 4) is 0 Å². The molecule has 0 aromatic carbocycles. The molecular weight excluding hydrogens is 182 g/mol. The van der Waals surface area contributed by atoms with Gasteiger partial charge in [0.1, 0.15) is 0 Å². The molecule has 2 N–H and O–H groups in total. The molecule has 1 aromatic heterocycles. The Bertz CT molecular complexity index is 241. The van der Waals surface area contributed by atoms with E-state index < -0.39 is 0 Å². The van der Waals surface area contributed by atoms with Crippen molar-refractivity contribution in [3.05, 3.63) is 16.6 Å². The van der Waals surface area contributed by atoms with E-state index in [-0.39, 0.29) is 0 Å². The van der Waals surface area contributed by atoms with Crippen molar-refractivity contribution >= 4 is 11.3 Å². The van der Waals surface area contributed by atoms with Crippen LogP contribution in [-0.4, -0.2) is 24.1 Å². The van der Waals surface area contributed by atoms with Crippen LogP contribution in [0.25, 0.3) is 0 Å². The molecule has 3 nitrogen and oxygen atoms in total. The lowest BCUT2D eigenvalue weighted by Crippen LogP contribution is -2.33. The molecule has 2 unspecified atom stereocenters. The lowest BCUT2D eigenvalue weighted by atomic mass is 10.2. The van der Waals surface area contributed by atoms with E-state index in [1.54, 1.807) is 11.3 Å². The number of rotatable bonds is 3. The van der Waals surface area contributed by atoms with Crippen LogP contribution in [0.15, 0.2) is 10.9 Å². The summed E-state index contributed by atoms with van der Waals surface area (Å²) in [5.41, 5.74) is 3.05. The SMILES string of the molecule is CC(NC1CCNC1)c1cscn1. The molecule has 0 amide bonds. The number of aromatic nitrogens is 1. The first kappa shape index (κ1) is 9.12. The molecule has 2 rings (SSSR count). The van der Waals surface area contributed by atoms with Crippen LogP contribution in [-0.2, 0) is 0 Å². The fourth-order valence-electron chi connectivity index (χ4n) is 1.67. The maximum Gasteiger partial charge on any atom is 0.0795 e. The van der Waals surface area contributed by atoms with Crippen LogP contribution < -0.4 is 10.6 Å². The summed E-state index contributed by atoms with van der Waals surface area (Å²) in [4.78, 5) is 4.29. The monoisotopic (exact) mass is 197 g/mol. The zero-order valence-electron chi connectivity index (χ0n) is 7.79. The van der Waals surface area contributed by atoms with Crippen LogP contribution in [0.3, 0.4) is 0 Å². The lowest BCUT2D eigenvalue weighted by molar-refractivity contribution is 0.472. The van der Waals surface area contributed by atoms with Crippen molar-refractivity contribution in [1.29, 1.82) is 0 Å². The Kier molecular flexibility index (Phi) is 2.93. The lowest BCUT2D eigenvalue weighted by Gasteiger charge is -2.16. The summed E-state index contributed by atoms with van der Waals surface area (Å²) < 4.78 is 0. The van der Waals surface area contributed by atoms with Gasteiger partial charge in [0.2, 0.25) is 0 Å². The Balaban J connectivity index is 1.87. The highest BCUT2D eigenvalue weighted by Gasteiger charge is 2.17. The van der Waals surface area contributed by atoms with Crippen LogP contribution in [0.2, 0.25) is 0 Å². The fourth-order valence-corrected chi connectivity index (χ4v) is 2.32. The minimum Gasteiger partial charge on any atom is -0.315 e. The van der Waals surface area contributed by atoms with Gasteiger partial charge in [-0.2, -0.15) is 0 Å². The van der Waals surface area contributed by atoms with Crippen molar-refractivity contribution < 1.29 is 0 Å². The van der Waals surface area contributed by atoms with E-state index in [1.165, 1.54) is 6.42 Å². The number of nitrogens with one attached hydrogen (secondary N) is 2. The van der Waals surface area contributed by atoms with Gasteiger partial charge in [0, 0.05) is 24.0 Å². The summed E-state index contributed by atoms with van der Waals surface area (Å²) in [7, 11) is 0. The molecule has 1 aromatic rings. The van der Waals surface area contributed by atoms with Crippen LogP contribution in [0.5, 0.6) is 0 Å². The van der Waals surface area contributed by atoms with Crippen molar-refractivity contribution in [2.75, 3.05) is 13.1 Å². The Morgan fingerprint density at radius 3 is 3.31 bits per heavy atom. The average Bonchev–Trinajstić information content (AvgIpc) is 2.74. The molecule has 2 heterocycles. The summed E-state index contributed by atoms with van der Waals surface area (Å²) in [6, 6.07) is 1.01. The highest BCUT2D eigenvalue weighted by Crippen LogP contribution is 2.13. The van der Waals surface area contributed by atoms with E-state index in [2.05, 4.69) is 27.9 Å². The van der Waals surface area contributed by atoms with Gasteiger partial charge in [-0.25, -0.2) is 4.98 Å².